The Hall–Kier alpha value is -2.13. The van der Waals surface area contributed by atoms with E-state index in [4.69, 9.17) is 0 Å². The van der Waals surface area contributed by atoms with Gasteiger partial charge in [0.05, 0.1) is 16.5 Å². The monoisotopic (exact) mass is 424 g/mol. The molecule has 2 aromatic heterocycles. The van der Waals surface area contributed by atoms with Gasteiger partial charge in [0.2, 0.25) is 10.8 Å². The van der Waals surface area contributed by atoms with Crippen molar-refractivity contribution in [1.82, 2.24) is 19.5 Å². The van der Waals surface area contributed by atoms with Crippen molar-refractivity contribution in [1.29, 1.82) is 0 Å². The zero-order chi connectivity index (χ0) is 20.8. The summed E-state index contributed by atoms with van der Waals surface area (Å²) in [6.07, 6.45) is -1.71. The molecule has 0 unspecified atom stereocenters. The Morgan fingerprint density at radius 1 is 1.34 bits per heavy atom. The Bertz CT molecular complexity index is 1010. The number of aromatic nitrogens is 3. The van der Waals surface area contributed by atoms with E-state index in [1.807, 2.05) is 6.92 Å². The van der Waals surface area contributed by atoms with Gasteiger partial charge in [0.25, 0.3) is 0 Å². The second-order valence-electron chi connectivity index (χ2n) is 7.63. The standard InChI is InChI=1S/C20H23F3N4OS/c1-3-15-24-19-27(25-15)18(28)17(29-19)16(26-9-5-6-12(2)11-26)13-7-4-8-14(10-13)20(21,22)23/h4,7-8,10,12,16,28H,3,5-6,9,11H2,1-2H3/t12-,16+/m1/s1. The molecule has 0 amide bonds. The Kier molecular flexibility index (Phi) is 5.29. The number of halogens is 3. The maximum absolute atomic E-state index is 13.3. The van der Waals surface area contributed by atoms with E-state index in [1.54, 1.807) is 6.07 Å². The largest absolute Gasteiger partial charge is 0.492 e. The number of benzene rings is 1. The first kappa shape index (κ1) is 20.2. The van der Waals surface area contributed by atoms with Gasteiger partial charge in [-0.15, -0.1) is 5.10 Å². The van der Waals surface area contributed by atoms with Crippen LogP contribution < -0.4 is 0 Å². The molecule has 9 heteroatoms. The Balaban J connectivity index is 1.83. The van der Waals surface area contributed by atoms with Gasteiger partial charge in [0.15, 0.2) is 5.82 Å². The van der Waals surface area contributed by atoms with Crippen molar-refractivity contribution >= 4 is 16.3 Å². The number of alkyl halides is 3. The first-order chi connectivity index (χ1) is 13.8. The van der Waals surface area contributed by atoms with Crippen LogP contribution in [0, 0.1) is 5.92 Å². The topological polar surface area (TPSA) is 53.7 Å². The fraction of sp³-hybridized carbons (Fsp3) is 0.500. The molecule has 0 spiro atoms. The van der Waals surface area contributed by atoms with E-state index in [-0.39, 0.29) is 5.88 Å². The van der Waals surface area contributed by atoms with Crippen LogP contribution in [-0.2, 0) is 12.6 Å². The molecular formula is C20H23F3N4OS. The molecule has 0 aliphatic carbocycles. The molecule has 1 aromatic carbocycles. The van der Waals surface area contributed by atoms with Gasteiger partial charge in [0.1, 0.15) is 0 Å². The molecule has 1 N–H and O–H groups in total. The molecule has 1 aliphatic heterocycles. The molecule has 3 heterocycles. The van der Waals surface area contributed by atoms with Crippen LogP contribution in [0.25, 0.3) is 4.96 Å². The van der Waals surface area contributed by atoms with Gasteiger partial charge in [-0.1, -0.05) is 37.3 Å². The molecule has 2 atom stereocenters. The molecule has 0 radical (unpaired) electrons. The number of aromatic hydroxyl groups is 1. The van der Waals surface area contributed by atoms with Crippen molar-refractivity contribution < 1.29 is 18.3 Å². The summed E-state index contributed by atoms with van der Waals surface area (Å²) in [4.78, 5) is 7.71. The average molecular weight is 424 g/mol. The summed E-state index contributed by atoms with van der Waals surface area (Å²) in [5, 5.41) is 15.2. The predicted molar refractivity (Wildman–Crippen MR) is 105 cm³/mol. The van der Waals surface area contributed by atoms with Crippen molar-refractivity contribution in [2.24, 2.45) is 5.92 Å². The van der Waals surface area contributed by atoms with E-state index in [0.29, 0.717) is 33.6 Å². The van der Waals surface area contributed by atoms with Gasteiger partial charge in [-0.05, 0) is 43.0 Å². The molecule has 3 aromatic rings. The number of rotatable bonds is 4. The lowest BCUT2D eigenvalue weighted by atomic mass is 9.94. The van der Waals surface area contributed by atoms with Crippen LogP contribution in [0.1, 0.15) is 54.6 Å². The van der Waals surface area contributed by atoms with Crippen LogP contribution in [0.3, 0.4) is 0 Å². The van der Waals surface area contributed by atoms with Crippen molar-refractivity contribution in [2.45, 2.75) is 45.3 Å². The third-order valence-corrected chi connectivity index (χ3v) is 6.46. The fourth-order valence-corrected chi connectivity index (χ4v) is 5.13. The van der Waals surface area contributed by atoms with Crippen LogP contribution in [0.4, 0.5) is 13.2 Å². The van der Waals surface area contributed by atoms with E-state index in [1.165, 1.54) is 28.0 Å². The number of piperidine rings is 1. The summed E-state index contributed by atoms with van der Waals surface area (Å²) in [6, 6.07) is 4.93. The van der Waals surface area contributed by atoms with Crippen LogP contribution in [-0.4, -0.2) is 37.7 Å². The first-order valence-corrected chi connectivity index (χ1v) is 10.6. The number of nitrogens with zero attached hydrogens (tertiary/aromatic N) is 4. The van der Waals surface area contributed by atoms with Gasteiger partial charge >= 0.3 is 6.18 Å². The number of thiazole rings is 1. The maximum atomic E-state index is 13.3. The van der Waals surface area contributed by atoms with E-state index in [9.17, 15) is 18.3 Å². The van der Waals surface area contributed by atoms with Crippen LogP contribution in [0.5, 0.6) is 5.88 Å². The molecule has 29 heavy (non-hydrogen) atoms. The van der Waals surface area contributed by atoms with E-state index in [0.717, 1.165) is 32.0 Å². The maximum Gasteiger partial charge on any atom is 0.416 e. The summed E-state index contributed by atoms with van der Waals surface area (Å²) in [5.74, 6) is 1.02. The molecule has 5 nitrogen and oxygen atoms in total. The molecule has 4 rings (SSSR count). The Morgan fingerprint density at radius 3 is 2.79 bits per heavy atom. The molecule has 1 saturated heterocycles. The molecule has 156 valence electrons. The van der Waals surface area contributed by atoms with Crippen LogP contribution >= 0.6 is 11.3 Å². The number of aryl methyl sites for hydroxylation is 1. The Morgan fingerprint density at radius 2 is 2.14 bits per heavy atom. The number of hydrogen-bond acceptors (Lipinski definition) is 5. The van der Waals surface area contributed by atoms with Crippen molar-refractivity contribution in [2.75, 3.05) is 13.1 Å². The minimum absolute atomic E-state index is 0.0437. The average Bonchev–Trinajstić information content (AvgIpc) is 3.21. The van der Waals surface area contributed by atoms with Crippen molar-refractivity contribution in [3.63, 3.8) is 0 Å². The number of likely N-dealkylation sites (tertiary alicyclic amines) is 1. The predicted octanol–water partition coefficient (Wildman–Crippen LogP) is 4.90. The second-order valence-corrected chi connectivity index (χ2v) is 8.64. The normalized spacial score (nSPS) is 19.7. The SMILES string of the molecule is CCc1nc2sc([C@H](c3cccc(C(F)(F)F)c3)N3CCC[C@@H](C)C3)c(O)n2n1. The summed E-state index contributed by atoms with van der Waals surface area (Å²) in [5.41, 5.74) is -0.165. The van der Waals surface area contributed by atoms with Gasteiger partial charge < -0.3 is 5.11 Å². The summed E-state index contributed by atoms with van der Waals surface area (Å²) < 4.78 is 41.4. The third kappa shape index (κ3) is 3.85. The number of hydrogen-bond donors (Lipinski definition) is 1. The summed E-state index contributed by atoms with van der Waals surface area (Å²) in [6.45, 7) is 5.59. The van der Waals surface area contributed by atoms with Crippen molar-refractivity contribution in [3.05, 3.63) is 46.1 Å². The van der Waals surface area contributed by atoms with Crippen molar-refractivity contribution in [3.8, 4) is 5.88 Å². The minimum atomic E-state index is -4.42. The summed E-state index contributed by atoms with van der Waals surface area (Å²) in [7, 11) is 0. The summed E-state index contributed by atoms with van der Waals surface area (Å²) >= 11 is 1.29. The highest BCUT2D eigenvalue weighted by molar-refractivity contribution is 7.17. The Labute approximate surface area is 170 Å². The van der Waals surface area contributed by atoms with Gasteiger partial charge in [-0.3, -0.25) is 4.90 Å². The highest BCUT2D eigenvalue weighted by atomic mass is 32.1. The van der Waals surface area contributed by atoms with Crippen LogP contribution in [0.2, 0.25) is 0 Å². The zero-order valence-corrected chi connectivity index (χ0v) is 17.1. The molecule has 1 fully saturated rings. The van der Waals surface area contributed by atoms with Gasteiger partial charge in [-0.2, -0.15) is 17.7 Å². The zero-order valence-electron chi connectivity index (χ0n) is 16.3. The minimum Gasteiger partial charge on any atom is -0.492 e. The third-order valence-electron chi connectivity index (χ3n) is 5.39. The lowest BCUT2D eigenvalue weighted by Crippen LogP contribution is -2.37. The molecule has 0 bridgehead atoms. The lowest BCUT2D eigenvalue weighted by molar-refractivity contribution is -0.137. The first-order valence-electron chi connectivity index (χ1n) is 9.76. The highest BCUT2D eigenvalue weighted by Gasteiger charge is 2.35. The molecule has 0 saturated carbocycles. The van der Waals surface area contributed by atoms with Gasteiger partial charge in [0, 0.05) is 13.0 Å². The fourth-order valence-electron chi connectivity index (χ4n) is 3.99. The van der Waals surface area contributed by atoms with Crippen LogP contribution in [0.15, 0.2) is 24.3 Å². The van der Waals surface area contributed by atoms with E-state index < -0.39 is 17.8 Å². The molecule has 1 aliphatic rings. The quantitative estimate of drug-likeness (QED) is 0.647. The highest BCUT2D eigenvalue weighted by Crippen LogP contribution is 2.42. The van der Waals surface area contributed by atoms with E-state index >= 15 is 0 Å². The smallest absolute Gasteiger partial charge is 0.416 e. The van der Waals surface area contributed by atoms with E-state index in [2.05, 4.69) is 21.9 Å². The second kappa shape index (κ2) is 7.60. The number of fused-ring (bicyclic) bond motifs is 1. The molecular weight excluding hydrogens is 401 g/mol. The lowest BCUT2D eigenvalue weighted by Gasteiger charge is -2.37. The van der Waals surface area contributed by atoms with Gasteiger partial charge in [-0.25, -0.2) is 4.98 Å².